The minimum Gasteiger partial charge on any atom is -0.480 e. The molecule has 1 aromatic rings. The Balaban J connectivity index is 1.48. The third kappa shape index (κ3) is 3.04. The summed E-state index contributed by atoms with van der Waals surface area (Å²) >= 11 is 0. The van der Waals surface area contributed by atoms with E-state index in [1.807, 2.05) is 0 Å². The van der Waals surface area contributed by atoms with Crippen molar-refractivity contribution in [2.24, 2.45) is 0 Å². The summed E-state index contributed by atoms with van der Waals surface area (Å²) in [6, 6.07) is 2.74. The number of ether oxygens (including phenoxy) is 2. The van der Waals surface area contributed by atoms with Gasteiger partial charge in [0.25, 0.3) is 0 Å². The fourth-order valence-electron chi connectivity index (χ4n) is 3.65. The second-order valence-corrected chi connectivity index (χ2v) is 6.76. The Hall–Kier alpha value is -2.91. The summed E-state index contributed by atoms with van der Waals surface area (Å²) in [5.74, 6) is -1.99. The Morgan fingerprint density at radius 2 is 1.96 bits per heavy atom. The van der Waals surface area contributed by atoms with E-state index in [0.717, 1.165) is 11.3 Å². The molecule has 4 rings (SSSR count). The molecule has 1 N–H and O–H groups in total. The van der Waals surface area contributed by atoms with Gasteiger partial charge in [-0.3, -0.25) is 4.79 Å². The molecular weight excluding hydrogens is 366 g/mol. The number of piperidine rings is 1. The summed E-state index contributed by atoms with van der Waals surface area (Å²) in [6.45, 7) is 0.652. The van der Waals surface area contributed by atoms with Crippen LogP contribution in [0, 0.1) is 0 Å². The van der Waals surface area contributed by atoms with E-state index in [-0.39, 0.29) is 30.4 Å². The summed E-state index contributed by atoms with van der Waals surface area (Å²) < 4.78 is 35.2. The van der Waals surface area contributed by atoms with Gasteiger partial charge < -0.3 is 19.5 Å². The largest absolute Gasteiger partial charge is 0.586 e. The zero-order valence-electron chi connectivity index (χ0n) is 14.1. The summed E-state index contributed by atoms with van der Waals surface area (Å²) in [7, 11) is 0. The van der Waals surface area contributed by atoms with Crippen LogP contribution in [-0.4, -0.2) is 58.2 Å². The highest BCUT2D eigenvalue weighted by Crippen LogP contribution is 2.43. The van der Waals surface area contributed by atoms with Crippen molar-refractivity contribution >= 4 is 17.9 Å². The summed E-state index contributed by atoms with van der Waals surface area (Å²) in [5, 5.41) is 9.08. The lowest BCUT2D eigenvalue weighted by Crippen LogP contribution is -2.63. The molecule has 1 unspecified atom stereocenters. The number of amides is 3. The average Bonchev–Trinajstić information content (AvgIpc) is 2.92. The third-order valence-electron chi connectivity index (χ3n) is 5.03. The van der Waals surface area contributed by atoms with E-state index in [1.54, 1.807) is 6.07 Å². The van der Waals surface area contributed by atoms with E-state index < -0.39 is 30.2 Å². The molecule has 27 heavy (non-hydrogen) atoms. The van der Waals surface area contributed by atoms with Gasteiger partial charge in [0.2, 0.25) is 5.91 Å². The highest BCUT2D eigenvalue weighted by molar-refractivity contribution is 6.05. The number of halogens is 2. The second-order valence-electron chi connectivity index (χ2n) is 6.76. The number of aliphatic carboxylic acids is 1. The predicted molar refractivity (Wildman–Crippen MR) is 84.5 cm³/mol. The zero-order valence-corrected chi connectivity index (χ0v) is 14.1. The Bertz CT molecular complexity index is 830. The van der Waals surface area contributed by atoms with Crippen LogP contribution < -0.4 is 9.47 Å². The van der Waals surface area contributed by atoms with Crippen LogP contribution in [0.2, 0.25) is 0 Å². The number of β-lactam (4-membered cyclic amide) rings is 1. The van der Waals surface area contributed by atoms with Gasteiger partial charge in [0, 0.05) is 19.0 Å². The highest BCUT2D eigenvalue weighted by atomic mass is 19.3. The molecule has 8 nitrogen and oxygen atoms in total. The maximum atomic E-state index is 13.2. The van der Waals surface area contributed by atoms with Crippen LogP contribution in [-0.2, 0) is 9.59 Å². The number of carboxylic acid groups (broad SMARTS) is 1. The first kappa shape index (κ1) is 17.5. The molecule has 3 heterocycles. The number of imide groups is 1. The number of carboxylic acids is 1. The van der Waals surface area contributed by atoms with Gasteiger partial charge in [-0.05, 0) is 30.5 Å². The van der Waals surface area contributed by atoms with Gasteiger partial charge >= 0.3 is 18.3 Å². The first-order valence-electron chi connectivity index (χ1n) is 8.49. The molecular formula is C17H16F2N2O6. The van der Waals surface area contributed by atoms with Crippen molar-refractivity contribution in [1.29, 1.82) is 0 Å². The van der Waals surface area contributed by atoms with Crippen molar-refractivity contribution in [3.8, 4) is 11.5 Å². The van der Waals surface area contributed by atoms with Crippen molar-refractivity contribution in [1.82, 2.24) is 9.80 Å². The van der Waals surface area contributed by atoms with Gasteiger partial charge in [-0.1, -0.05) is 6.07 Å². The van der Waals surface area contributed by atoms with Gasteiger partial charge in [0.1, 0.15) is 6.04 Å². The predicted octanol–water partition coefficient (Wildman–Crippen LogP) is 1.99. The Morgan fingerprint density at radius 3 is 2.67 bits per heavy atom. The number of carbonyl (C=O) groups excluding carboxylic acids is 2. The maximum Gasteiger partial charge on any atom is 0.586 e. The van der Waals surface area contributed by atoms with E-state index in [4.69, 9.17) is 5.11 Å². The smallest absolute Gasteiger partial charge is 0.480 e. The van der Waals surface area contributed by atoms with Gasteiger partial charge in [0.05, 0.1) is 6.42 Å². The standard InChI is InChI=1S/C17H16F2N2O6/c18-17(19)26-12-4-3-9(6-13(12)27-17)10-2-1-5-20(8-10)16(25)21-11(15(23)24)7-14(21)22/h3-4,6,10-11H,1-2,5,7-8H2,(H,23,24)/t10?,11-/m0/s1. The number of benzene rings is 1. The molecule has 3 aliphatic heterocycles. The highest BCUT2D eigenvalue weighted by Gasteiger charge is 2.48. The van der Waals surface area contributed by atoms with Crippen molar-refractivity contribution in [2.75, 3.05) is 13.1 Å². The lowest BCUT2D eigenvalue weighted by Gasteiger charge is -2.41. The summed E-state index contributed by atoms with van der Waals surface area (Å²) in [6.07, 6.45) is -2.52. The van der Waals surface area contributed by atoms with Crippen molar-refractivity contribution < 1.29 is 37.7 Å². The van der Waals surface area contributed by atoms with Crippen LogP contribution in [0.4, 0.5) is 13.6 Å². The Kier molecular flexibility index (Phi) is 3.93. The number of alkyl halides is 2. The number of urea groups is 1. The van der Waals surface area contributed by atoms with Gasteiger partial charge in [-0.15, -0.1) is 8.78 Å². The zero-order chi connectivity index (χ0) is 19.3. The molecule has 0 aliphatic carbocycles. The lowest BCUT2D eigenvalue weighted by atomic mass is 9.90. The number of rotatable bonds is 2. The number of nitrogens with zero attached hydrogens (tertiary/aromatic N) is 2. The molecule has 0 spiro atoms. The second kappa shape index (κ2) is 6.07. The van der Waals surface area contributed by atoms with Crippen LogP contribution >= 0.6 is 0 Å². The summed E-state index contributed by atoms with van der Waals surface area (Å²) in [4.78, 5) is 37.6. The molecule has 0 radical (unpaired) electrons. The lowest BCUT2D eigenvalue weighted by molar-refractivity contribution is -0.286. The minimum absolute atomic E-state index is 0.0528. The molecule has 0 bridgehead atoms. The molecule has 1 aromatic carbocycles. The van der Waals surface area contributed by atoms with E-state index in [9.17, 15) is 23.2 Å². The van der Waals surface area contributed by atoms with Gasteiger partial charge in [-0.2, -0.15) is 0 Å². The Morgan fingerprint density at radius 1 is 1.22 bits per heavy atom. The van der Waals surface area contributed by atoms with Crippen molar-refractivity contribution in [3.05, 3.63) is 23.8 Å². The molecule has 0 saturated carbocycles. The first-order valence-corrected chi connectivity index (χ1v) is 8.49. The number of hydrogen-bond acceptors (Lipinski definition) is 5. The topological polar surface area (TPSA) is 96.4 Å². The van der Waals surface area contributed by atoms with E-state index >= 15 is 0 Å². The molecule has 3 amide bonds. The molecule has 2 saturated heterocycles. The average molecular weight is 382 g/mol. The van der Waals surface area contributed by atoms with Crippen LogP contribution in [0.15, 0.2) is 18.2 Å². The third-order valence-corrected chi connectivity index (χ3v) is 5.03. The molecule has 2 atom stereocenters. The Labute approximate surface area is 152 Å². The van der Waals surface area contributed by atoms with Gasteiger partial charge in [0.15, 0.2) is 11.5 Å². The number of likely N-dealkylation sites (tertiary alicyclic amines) is 2. The van der Waals surface area contributed by atoms with Gasteiger partial charge in [-0.25, -0.2) is 14.5 Å². The minimum atomic E-state index is -3.70. The van der Waals surface area contributed by atoms with Crippen molar-refractivity contribution in [3.63, 3.8) is 0 Å². The van der Waals surface area contributed by atoms with E-state index in [2.05, 4.69) is 9.47 Å². The van der Waals surface area contributed by atoms with Crippen LogP contribution in [0.1, 0.15) is 30.7 Å². The van der Waals surface area contributed by atoms with E-state index in [0.29, 0.717) is 18.5 Å². The molecule has 3 aliphatic rings. The van der Waals surface area contributed by atoms with E-state index in [1.165, 1.54) is 17.0 Å². The maximum absolute atomic E-state index is 13.2. The van der Waals surface area contributed by atoms with Crippen molar-refractivity contribution in [2.45, 2.75) is 37.5 Å². The number of hydrogen-bond donors (Lipinski definition) is 1. The van der Waals surface area contributed by atoms with Crippen LogP contribution in [0.25, 0.3) is 0 Å². The molecule has 10 heteroatoms. The fourth-order valence-corrected chi connectivity index (χ4v) is 3.65. The molecule has 0 aromatic heterocycles. The normalized spacial score (nSPS) is 25.9. The molecule has 2 fully saturated rings. The molecule has 144 valence electrons. The van der Waals surface area contributed by atoms with Crippen LogP contribution in [0.3, 0.4) is 0 Å². The number of carbonyl (C=O) groups is 3. The first-order chi connectivity index (χ1) is 12.7. The number of fused-ring (bicyclic) bond motifs is 1. The fraction of sp³-hybridized carbons (Fsp3) is 0.471. The SMILES string of the molecule is O=C(O)[C@@H]1CC(=O)N1C(=O)N1CCCC(c2ccc3c(c2)OC(F)(F)O3)C1. The summed E-state index contributed by atoms with van der Waals surface area (Å²) in [5.41, 5.74) is 0.706. The monoisotopic (exact) mass is 382 g/mol. The quantitative estimate of drug-likeness (QED) is 0.786. The van der Waals surface area contributed by atoms with Crippen LogP contribution in [0.5, 0.6) is 11.5 Å².